The number of nitrogens with one attached hydrogen (secondary N) is 1. The first-order valence-corrected chi connectivity index (χ1v) is 11.6. The van der Waals surface area contributed by atoms with Crippen LogP contribution in [-0.4, -0.2) is 41.7 Å². The highest BCUT2D eigenvalue weighted by atomic mass is 32.2. The third-order valence-corrected chi connectivity index (χ3v) is 7.13. The maximum atomic E-state index is 13.0. The lowest BCUT2D eigenvalue weighted by Gasteiger charge is -2.24. The van der Waals surface area contributed by atoms with Gasteiger partial charge < -0.3 is 4.90 Å². The van der Waals surface area contributed by atoms with E-state index in [1.54, 1.807) is 24.3 Å². The van der Waals surface area contributed by atoms with Crippen LogP contribution in [0.2, 0.25) is 0 Å². The summed E-state index contributed by atoms with van der Waals surface area (Å²) in [6.07, 6.45) is 2.31. The fourth-order valence-corrected chi connectivity index (χ4v) is 5.14. The molecule has 7 nitrogen and oxygen atoms in total. The minimum absolute atomic E-state index is 0.0821. The number of likely N-dealkylation sites (tertiary alicyclic amines) is 1. The molecule has 0 aliphatic carbocycles. The summed E-state index contributed by atoms with van der Waals surface area (Å²) in [5.74, 6) is 0.329. The van der Waals surface area contributed by atoms with Gasteiger partial charge in [-0.3, -0.25) is 0 Å². The Labute approximate surface area is 171 Å². The Bertz CT molecular complexity index is 1070. The van der Waals surface area contributed by atoms with E-state index in [0.717, 1.165) is 37.1 Å². The van der Waals surface area contributed by atoms with Crippen molar-refractivity contribution in [3.63, 3.8) is 0 Å². The Morgan fingerprint density at radius 1 is 0.966 bits per heavy atom. The summed E-state index contributed by atoms with van der Waals surface area (Å²) in [6, 6.07) is 15.1. The molecule has 1 N–H and O–H groups in total. The SMILES string of the molecule is Cc1ccc([C@H](c2nnnn2CS(=O)(=O)c2ccc(C)cc2)[NH+]2CCCC2)cc1. The minimum Gasteiger partial charge on any atom is -0.322 e. The predicted molar refractivity (Wildman–Crippen MR) is 109 cm³/mol. The molecule has 152 valence electrons. The maximum absolute atomic E-state index is 13.0. The van der Waals surface area contributed by atoms with E-state index >= 15 is 0 Å². The highest BCUT2D eigenvalue weighted by Gasteiger charge is 2.34. The number of quaternary nitrogens is 1. The summed E-state index contributed by atoms with van der Waals surface area (Å²) < 4.78 is 27.4. The van der Waals surface area contributed by atoms with Gasteiger partial charge in [-0.2, -0.15) is 0 Å². The molecule has 29 heavy (non-hydrogen) atoms. The minimum atomic E-state index is -3.56. The molecular weight excluding hydrogens is 386 g/mol. The van der Waals surface area contributed by atoms with Gasteiger partial charge in [0.15, 0.2) is 21.8 Å². The van der Waals surface area contributed by atoms with Gasteiger partial charge in [0.2, 0.25) is 5.82 Å². The number of aryl methyl sites for hydroxylation is 2. The van der Waals surface area contributed by atoms with Crippen LogP contribution in [0.5, 0.6) is 0 Å². The summed E-state index contributed by atoms with van der Waals surface area (Å²) in [7, 11) is -3.56. The Morgan fingerprint density at radius 3 is 2.17 bits per heavy atom. The lowest BCUT2D eigenvalue weighted by Crippen LogP contribution is -3.10. The molecule has 1 aliphatic rings. The quantitative estimate of drug-likeness (QED) is 0.663. The van der Waals surface area contributed by atoms with E-state index in [9.17, 15) is 8.42 Å². The summed E-state index contributed by atoms with van der Waals surface area (Å²) in [4.78, 5) is 1.66. The van der Waals surface area contributed by atoms with Crippen LogP contribution in [0.1, 0.15) is 41.4 Å². The summed E-state index contributed by atoms with van der Waals surface area (Å²) in [6.45, 7) is 6.03. The molecule has 0 amide bonds. The molecule has 0 spiro atoms. The second kappa shape index (κ2) is 8.04. The molecule has 1 atom stereocenters. The van der Waals surface area contributed by atoms with E-state index in [0.29, 0.717) is 5.82 Å². The van der Waals surface area contributed by atoms with Gasteiger partial charge in [0.05, 0.1) is 18.0 Å². The number of nitrogens with zero attached hydrogens (tertiary/aromatic N) is 4. The molecule has 2 aromatic carbocycles. The van der Waals surface area contributed by atoms with Crippen molar-refractivity contribution < 1.29 is 13.3 Å². The molecule has 0 radical (unpaired) electrons. The number of hydrogen-bond donors (Lipinski definition) is 1. The van der Waals surface area contributed by atoms with Gasteiger partial charge in [0.1, 0.15) is 0 Å². The largest absolute Gasteiger partial charge is 0.322 e. The van der Waals surface area contributed by atoms with E-state index < -0.39 is 9.84 Å². The summed E-state index contributed by atoms with van der Waals surface area (Å²) >= 11 is 0. The van der Waals surface area contributed by atoms with Crippen molar-refractivity contribution in [3.05, 3.63) is 71.0 Å². The number of aromatic nitrogens is 4. The van der Waals surface area contributed by atoms with E-state index in [2.05, 4.69) is 46.7 Å². The highest BCUT2D eigenvalue weighted by molar-refractivity contribution is 7.90. The Morgan fingerprint density at radius 2 is 1.55 bits per heavy atom. The molecular formula is C21H26N5O2S+. The van der Waals surface area contributed by atoms with Crippen LogP contribution in [0.4, 0.5) is 0 Å². The zero-order valence-electron chi connectivity index (χ0n) is 16.7. The third kappa shape index (κ3) is 4.23. The van der Waals surface area contributed by atoms with Crippen LogP contribution < -0.4 is 4.90 Å². The predicted octanol–water partition coefficient (Wildman–Crippen LogP) is 1.49. The molecule has 1 saturated heterocycles. The number of tetrazole rings is 1. The first-order chi connectivity index (χ1) is 13.9. The number of sulfone groups is 1. The fourth-order valence-electron chi connectivity index (χ4n) is 3.94. The monoisotopic (exact) mass is 412 g/mol. The maximum Gasteiger partial charge on any atom is 0.215 e. The van der Waals surface area contributed by atoms with Crippen molar-refractivity contribution >= 4 is 9.84 Å². The van der Waals surface area contributed by atoms with Gasteiger partial charge in [-0.1, -0.05) is 47.5 Å². The fraction of sp³-hybridized carbons (Fsp3) is 0.381. The smallest absolute Gasteiger partial charge is 0.215 e. The van der Waals surface area contributed by atoms with Gasteiger partial charge in [0.25, 0.3) is 0 Å². The number of rotatable bonds is 6. The van der Waals surface area contributed by atoms with E-state index in [4.69, 9.17) is 0 Å². The Hall–Kier alpha value is -2.58. The lowest BCUT2D eigenvalue weighted by atomic mass is 10.0. The summed E-state index contributed by atoms with van der Waals surface area (Å²) in [5.41, 5.74) is 3.31. The molecule has 0 unspecified atom stereocenters. The van der Waals surface area contributed by atoms with Gasteiger partial charge in [-0.25, -0.2) is 13.1 Å². The molecule has 3 aromatic rings. The van der Waals surface area contributed by atoms with E-state index in [1.165, 1.54) is 15.1 Å². The van der Waals surface area contributed by atoms with Gasteiger partial charge >= 0.3 is 0 Å². The molecule has 0 bridgehead atoms. The molecule has 2 heterocycles. The second-order valence-electron chi connectivity index (χ2n) is 7.80. The van der Waals surface area contributed by atoms with Crippen LogP contribution in [-0.2, 0) is 15.7 Å². The topological polar surface area (TPSA) is 82.2 Å². The van der Waals surface area contributed by atoms with Crippen molar-refractivity contribution in [2.75, 3.05) is 13.1 Å². The molecule has 4 rings (SSSR count). The average Bonchev–Trinajstić information content (AvgIpc) is 3.37. The first-order valence-electron chi connectivity index (χ1n) is 9.91. The first kappa shape index (κ1) is 19.7. The van der Waals surface area contributed by atoms with Crippen LogP contribution in [0.3, 0.4) is 0 Å². The zero-order valence-corrected chi connectivity index (χ0v) is 17.6. The van der Waals surface area contributed by atoms with Gasteiger partial charge in [0, 0.05) is 18.4 Å². The molecule has 1 aliphatic heterocycles. The number of benzene rings is 2. The van der Waals surface area contributed by atoms with Crippen molar-refractivity contribution in [2.24, 2.45) is 0 Å². The Balaban J connectivity index is 1.70. The molecule has 0 saturated carbocycles. The third-order valence-electron chi connectivity index (χ3n) is 5.55. The van der Waals surface area contributed by atoms with Crippen LogP contribution in [0, 0.1) is 13.8 Å². The van der Waals surface area contributed by atoms with Gasteiger partial charge in [-0.15, -0.1) is 5.10 Å². The Kier molecular flexibility index (Phi) is 5.47. The molecule has 1 aromatic heterocycles. The number of hydrogen-bond acceptors (Lipinski definition) is 5. The van der Waals surface area contributed by atoms with Crippen molar-refractivity contribution in [1.82, 2.24) is 20.2 Å². The van der Waals surface area contributed by atoms with Crippen molar-refractivity contribution in [2.45, 2.75) is 43.5 Å². The van der Waals surface area contributed by atoms with E-state index in [-0.39, 0.29) is 16.8 Å². The highest BCUT2D eigenvalue weighted by Crippen LogP contribution is 2.21. The van der Waals surface area contributed by atoms with Gasteiger partial charge in [-0.05, 0) is 36.4 Å². The van der Waals surface area contributed by atoms with Crippen molar-refractivity contribution in [3.8, 4) is 0 Å². The van der Waals surface area contributed by atoms with Crippen molar-refractivity contribution in [1.29, 1.82) is 0 Å². The normalized spacial score (nSPS) is 16.2. The average molecular weight is 413 g/mol. The standard InChI is InChI=1S/C21H25N5O2S/c1-16-5-9-18(10-6-16)20(25-13-3-4-14-25)21-22-23-24-26(21)15-29(27,28)19-11-7-17(2)8-12-19/h5-12,20H,3-4,13-15H2,1-2H3/p+1/t20-/m1/s1. The summed E-state index contributed by atoms with van der Waals surface area (Å²) in [5, 5.41) is 12.1. The van der Waals surface area contributed by atoms with Crippen LogP contribution >= 0.6 is 0 Å². The second-order valence-corrected chi connectivity index (χ2v) is 9.76. The van der Waals surface area contributed by atoms with Crippen LogP contribution in [0.25, 0.3) is 0 Å². The van der Waals surface area contributed by atoms with Crippen LogP contribution in [0.15, 0.2) is 53.4 Å². The molecule has 8 heteroatoms. The lowest BCUT2D eigenvalue weighted by molar-refractivity contribution is -0.914. The molecule has 1 fully saturated rings. The zero-order chi connectivity index (χ0) is 20.4. The van der Waals surface area contributed by atoms with E-state index in [1.807, 2.05) is 6.92 Å².